The smallest absolute Gasteiger partial charge is 0.269 e. The molecule has 0 amide bonds. The van der Waals surface area contributed by atoms with Crippen molar-refractivity contribution in [2.75, 3.05) is 11.8 Å². The molecule has 1 N–H and O–H groups in total. The van der Waals surface area contributed by atoms with E-state index in [1.807, 2.05) is 0 Å². The molecule has 8 heteroatoms. The Labute approximate surface area is 121 Å². The number of ether oxygens (including phenoxy) is 1. The zero-order valence-corrected chi connectivity index (χ0v) is 11.8. The van der Waals surface area contributed by atoms with Crippen LogP contribution in [-0.2, 0) is 10.0 Å². The minimum Gasteiger partial charge on any atom is -0.497 e. The summed E-state index contributed by atoms with van der Waals surface area (Å²) in [4.78, 5) is 9.90. The van der Waals surface area contributed by atoms with E-state index in [0.29, 0.717) is 11.4 Å². The van der Waals surface area contributed by atoms with Crippen molar-refractivity contribution in [1.82, 2.24) is 0 Å². The monoisotopic (exact) mass is 308 g/mol. The Balaban J connectivity index is 2.27. The molecule has 0 aliphatic rings. The lowest BCUT2D eigenvalue weighted by Crippen LogP contribution is -2.12. The molecule has 2 aromatic carbocycles. The lowest BCUT2D eigenvalue weighted by Gasteiger charge is -2.09. The number of hydrogen-bond acceptors (Lipinski definition) is 5. The second kappa shape index (κ2) is 5.80. The number of nitrogens with one attached hydrogen (secondary N) is 1. The van der Waals surface area contributed by atoms with E-state index in [4.69, 9.17) is 4.74 Å². The maximum atomic E-state index is 12.2. The zero-order chi connectivity index (χ0) is 15.5. The first-order valence-electron chi connectivity index (χ1n) is 5.84. The highest BCUT2D eigenvalue weighted by atomic mass is 32.2. The fraction of sp³-hybridized carbons (Fsp3) is 0.0769. The van der Waals surface area contributed by atoms with Gasteiger partial charge in [-0.15, -0.1) is 0 Å². The Morgan fingerprint density at radius 1 is 1.14 bits per heavy atom. The van der Waals surface area contributed by atoms with Gasteiger partial charge in [-0.25, -0.2) is 8.42 Å². The molecule has 21 heavy (non-hydrogen) atoms. The van der Waals surface area contributed by atoms with Crippen molar-refractivity contribution in [1.29, 1.82) is 0 Å². The van der Waals surface area contributed by atoms with E-state index in [2.05, 4.69) is 4.72 Å². The standard InChI is InChI=1S/C13H12N2O5S/c1-20-12-4-2-3-10(9-12)14-21(18,19)13-7-5-11(6-8-13)15(16)17/h2-9,14H,1H3. The lowest BCUT2D eigenvalue weighted by molar-refractivity contribution is -0.384. The summed E-state index contributed by atoms with van der Waals surface area (Å²) in [5, 5.41) is 10.6. The number of anilines is 1. The highest BCUT2D eigenvalue weighted by Gasteiger charge is 2.16. The van der Waals surface area contributed by atoms with Gasteiger partial charge < -0.3 is 4.74 Å². The quantitative estimate of drug-likeness (QED) is 0.675. The van der Waals surface area contributed by atoms with Gasteiger partial charge in [0.25, 0.3) is 15.7 Å². The van der Waals surface area contributed by atoms with Crippen LogP contribution in [0.25, 0.3) is 0 Å². The van der Waals surface area contributed by atoms with E-state index in [-0.39, 0.29) is 10.6 Å². The average molecular weight is 308 g/mol. The molecule has 0 aromatic heterocycles. The van der Waals surface area contributed by atoms with Crippen molar-refractivity contribution in [3.05, 3.63) is 58.6 Å². The number of rotatable bonds is 5. The summed E-state index contributed by atoms with van der Waals surface area (Å²) in [5.41, 5.74) is 0.169. The number of nitrogens with zero attached hydrogens (tertiary/aromatic N) is 1. The third-order valence-corrected chi connectivity index (χ3v) is 4.08. The Morgan fingerprint density at radius 2 is 1.81 bits per heavy atom. The fourth-order valence-electron chi connectivity index (χ4n) is 1.65. The predicted molar refractivity (Wildman–Crippen MR) is 76.9 cm³/mol. The number of hydrogen-bond donors (Lipinski definition) is 1. The van der Waals surface area contributed by atoms with E-state index < -0.39 is 14.9 Å². The molecule has 0 atom stereocenters. The van der Waals surface area contributed by atoms with Crippen molar-refractivity contribution in [2.24, 2.45) is 0 Å². The zero-order valence-electron chi connectivity index (χ0n) is 11.0. The fourth-order valence-corrected chi connectivity index (χ4v) is 2.70. The molecule has 110 valence electrons. The van der Waals surface area contributed by atoms with Crippen LogP contribution in [0.4, 0.5) is 11.4 Å². The van der Waals surface area contributed by atoms with Crippen LogP contribution >= 0.6 is 0 Å². The molecule has 0 saturated heterocycles. The van der Waals surface area contributed by atoms with Crippen LogP contribution in [0, 0.1) is 10.1 Å². The van der Waals surface area contributed by atoms with E-state index in [1.54, 1.807) is 18.2 Å². The molecule has 7 nitrogen and oxygen atoms in total. The first kappa shape index (κ1) is 14.8. The second-order valence-corrected chi connectivity index (χ2v) is 5.77. The second-order valence-electron chi connectivity index (χ2n) is 4.09. The molecule has 2 rings (SSSR count). The molecular weight excluding hydrogens is 296 g/mol. The third kappa shape index (κ3) is 3.48. The lowest BCUT2D eigenvalue weighted by atomic mass is 10.3. The third-order valence-electron chi connectivity index (χ3n) is 2.68. The maximum absolute atomic E-state index is 12.2. The molecule has 0 heterocycles. The van der Waals surface area contributed by atoms with Crippen LogP contribution < -0.4 is 9.46 Å². The average Bonchev–Trinajstić information content (AvgIpc) is 2.47. The minimum absolute atomic E-state index is 0.0593. The van der Waals surface area contributed by atoms with Gasteiger partial charge in [-0.05, 0) is 24.3 Å². The summed E-state index contributed by atoms with van der Waals surface area (Å²) >= 11 is 0. The van der Waals surface area contributed by atoms with Gasteiger partial charge >= 0.3 is 0 Å². The number of benzene rings is 2. The summed E-state index contributed by atoms with van der Waals surface area (Å²) in [6, 6.07) is 11.1. The van der Waals surface area contributed by atoms with Gasteiger partial charge in [-0.3, -0.25) is 14.8 Å². The number of sulfonamides is 1. The van der Waals surface area contributed by atoms with Gasteiger partial charge in [0.1, 0.15) is 5.75 Å². The van der Waals surface area contributed by atoms with Crippen LogP contribution in [0.5, 0.6) is 5.75 Å². The summed E-state index contributed by atoms with van der Waals surface area (Å²) in [7, 11) is -2.33. The normalized spacial score (nSPS) is 10.9. The highest BCUT2D eigenvalue weighted by Crippen LogP contribution is 2.21. The van der Waals surface area contributed by atoms with Gasteiger partial charge in [0, 0.05) is 18.2 Å². The molecule has 2 aromatic rings. The van der Waals surface area contributed by atoms with Crippen molar-refractivity contribution < 1.29 is 18.1 Å². The van der Waals surface area contributed by atoms with Crippen LogP contribution in [0.2, 0.25) is 0 Å². The summed E-state index contributed by atoms with van der Waals surface area (Å²) in [6.07, 6.45) is 0. The Hall–Kier alpha value is -2.61. The van der Waals surface area contributed by atoms with E-state index in [0.717, 1.165) is 12.1 Å². The molecule has 0 bridgehead atoms. The summed E-state index contributed by atoms with van der Waals surface area (Å²) < 4.78 is 31.7. The molecule has 0 unspecified atom stereocenters. The van der Waals surface area contributed by atoms with Gasteiger partial charge in [0.05, 0.1) is 22.6 Å². The molecule has 0 saturated carbocycles. The van der Waals surface area contributed by atoms with Crippen molar-refractivity contribution >= 4 is 21.4 Å². The van der Waals surface area contributed by atoms with E-state index >= 15 is 0 Å². The minimum atomic E-state index is -3.81. The Kier molecular flexibility index (Phi) is 4.08. The number of methoxy groups -OCH3 is 1. The first-order chi connectivity index (χ1) is 9.92. The van der Waals surface area contributed by atoms with Crippen LogP contribution in [0.15, 0.2) is 53.4 Å². The van der Waals surface area contributed by atoms with Crippen LogP contribution in [0.1, 0.15) is 0 Å². The van der Waals surface area contributed by atoms with Crippen molar-refractivity contribution in [3.8, 4) is 5.75 Å². The molecule has 0 spiro atoms. The number of nitro groups is 1. The number of nitro benzene ring substituents is 1. The molecule has 0 aliphatic heterocycles. The van der Waals surface area contributed by atoms with Crippen molar-refractivity contribution in [3.63, 3.8) is 0 Å². The van der Waals surface area contributed by atoms with Crippen molar-refractivity contribution in [2.45, 2.75) is 4.90 Å². The maximum Gasteiger partial charge on any atom is 0.269 e. The molecule has 0 radical (unpaired) electrons. The largest absolute Gasteiger partial charge is 0.497 e. The molecule has 0 fully saturated rings. The van der Waals surface area contributed by atoms with E-state index in [1.165, 1.54) is 25.3 Å². The van der Waals surface area contributed by atoms with Crippen LogP contribution in [0.3, 0.4) is 0 Å². The van der Waals surface area contributed by atoms with Gasteiger partial charge in [0.2, 0.25) is 0 Å². The Bertz CT molecular complexity index is 756. The first-order valence-corrected chi connectivity index (χ1v) is 7.32. The SMILES string of the molecule is COc1cccc(NS(=O)(=O)c2ccc([N+](=O)[O-])cc2)c1. The van der Waals surface area contributed by atoms with Gasteiger partial charge in [-0.2, -0.15) is 0 Å². The van der Waals surface area contributed by atoms with Crippen LogP contribution in [-0.4, -0.2) is 20.5 Å². The topological polar surface area (TPSA) is 98.5 Å². The molecular formula is C13H12N2O5S. The van der Waals surface area contributed by atoms with E-state index in [9.17, 15) is 18.5 Å². The number of non-ortho nitro benzene ring substituents is 1. The summed E-state index contributed by atoms with van der Waals surface area (Å²) in [5.74, 6) is 0.513. The predicted octanol–water partition coefficient (Wildman–Crippen LogP) is 2.40. The highest BCUT2D eigenvalue weighted by molar-refractivity contribution is 7.92. The Morgan fingerprint density at radius 3 is 2.38 bits per heavy atom. The van der Waals surface area contributed by atoms with Gasteiger partial charge in [-0.1, -0.05) is 6.07 Å². The van der Waals surface area contributed by atoms with Gasteiger partial charge in [0.15, 0.2) is 0 Å². The molecule has 0 aliphatic carbocycles. The summed E-state index contributed by atoms with van der Waals surface area (Å²) in [6.45, 7) is 0.